The number of benzene rings is 1. The third kappa shape index (κ3) is 4.86. The third-order valence-electron chi connectivity index (χ3n) is 3.19. The molecule has 5 nitrogen and oxygen atoms in total. The SMILES string of the molecule is CN(C)CCCCNC(=O)c1cc(-c2ccc(Cl)cc2)on1. The standard InChI is InChI=1S/C16H20ClN3O2/c1-20(2)10-4-3-9-18-16(21)14-11-15(22-19-14)12-5-7-13(17)8-6-12/h5-8,11H,3-4,9-10H2,1-2H3,(H,18,21). The first-order valence-electron chi connectivity index (χ1n) is 7.22. The number of carbonyl (C=O) groups excluding carboxylic acids is 1. The van der Waals surface area contributed by atoms with Gasteiger partial charge in [-0.1, -0.05) is 16.8 Å². The van der Waals surface area contributed by atoms with E-state index >= 15 is 0 Å². The van der Waals surface area contributed by atoms with Crippen LogP contribution in [0.1, 0.15) is 23.3 Å². The van der Waals surface area contributed by atoms with Gasteiger partial charge in [-0.3, -0.25) is 4.79 Å². The van der Waals surface area contributed by atoms with Crippen molar-refractivity contribution in [1.29, 1.82) is 0 Å². The fourth-order valence-electron chi connectivity index (χ4n) is 1.98. The Morgan fingerprint density at radius 1 is 1.27 bits per heavy atom. The minimum absolute atomic E-state index is 0.214. The summed E-state index contributed by atoms with van der Waals surface area (Å²) in [4.78, 5) is 14.1. The number of amides is 1. The molecule has 0 bridgehead atoms. The van der Waals surface area contributed by atoms with E-state index in [1.165, 1.54) is 0 Å². The molecule has 1 aromatic carbocycles. The third-order valence-corrected chi connectivity index (χ3v) is 3.44. The number of halogens is 1. The molecular formula is C16H20ClN3O2. The number of carbonyl (C=O) groups is 1. The second-order valence-corrected chi connectivity index (χ2v) is 5.79. The number of nitrogens with one attached hydrogen (secondary N) is 1. The Balaban J connectivity index is 1.85. The Morgan fingerprint density at radius 3 is 2.68 bits per heavy atom. The van der Waals surface area contributed by atoms with Gasteiger partial charge in [0.15, 0.2) is 11.5 Å². The number of unbranched alkanes of at least 4 members (excludes halogenated alkanes) is 1. The average molecular weight is 322 g/mol. The van der Waals surface area contributed by atoms with Crippen molar-refractivity contribution in [3.63, 3.8) is 0 Å². The molecule has 0 spiro atoms. The molecule has 2 aromatic rings. The first kappa shape index (κ1) is 16.5. The van der Waals surface area contributed by atoms with Crippen LogP contribution >= 0.6 is 11.6 Å². The van der Waals surface area contributed by atoms with Gasteiger partial charge in [-0.25, -0.2) is 0 Å². The van der Waals surface area contributed by atoms with Crippen LogP contribution in [0.25, 0.3) is 11.3 Å². The van der Waals surface area contributed by atoms with E-state index in [1.807, 2.05) is 26.2 Å². The van der Waals surface area contributed by atoms with Crippen LogP contribution in [-0.2, 0) is 0 Å². The van der Waals surface area contributed by atoms with Gasteiger partial charge in [0.1, 0.15) is 0 Å². The molecule has 0 fully saturated rings. The molecule has 0 aliphatic carbocycles. The highest BCUT2D eigenvalue weighted by Gasteiger charge is 2.13. The highest BCUT2D eigenvalue weighted by molar-refractivity contribution is 6.30. The van der Waals surface area contributed by atoms with Gasteiger partial charge >= 0.3 is 0 Å². The first-order chi connectivity index (χ1) is 10.6. The van der Waals surface area contributed by atoms with Crippen molar-refractivity contribution in [1.82, 2.24) is 15.4 Å². The first-order valence-corrected chi connectivity index (χ1v) is 7.59. The summed E-state index contributed by atoms with van der Waals surface area (Å²) in [6.45, 7) is 1.65. The summed E-state index contributed by atoms with van der Waals surface area (Å²) in [6.07, 6.45) is 1.98. The lowest BCUT2D eigenvalue weighted by Crippen LogP contribution is -2.25. The summed E-state index contributed by atoms with van der Waals surface area (Å²) in [7, 11) is 4.07. The topological polar surface area (TPSA) is 58.4 Å². The van der Waals surface area contributed by atoms with E-state index in [0.29, 0.717) is 17.3 Å². The van der Waals surface area contributed by atoms with Gasteiger partial charge in [0.2, 0.25) is 0 Å². The predicted octanol–water partition coefficient (Wildman–Crippen LogP) is 3.07. The molecule has 1 heterocycles. The molecule has 22 heavy (non-hydrogen) atoms. The summed E-state index contributed by atoms with van der Waals surface area (Å²) in [5.74, 6) is 0.336. The monoisotopic (exact) mass is 321 g/mol. The molecule has 6 heteroatoms. The molecule has 2 rings (SSSR count). The molecule has 1 amide bonds. The molecule has 0 saturated carbocycles. The van der Waals surface area contributed by atoms with E-state index in [1.54, 1.807) is 18.2 Å². The molecule has 0 saturated heterocycles. The Bertz CT molecular complexity index is 608. The van der Waals surface area contributed by atoms with Crippen molar-refractivity contribution in [2.24, 2.45) is 0 Å². The highest BCUT2D eigenvalue weighted by Crippen LogP contribution is 2.22. The Morgan fingerprint density at radius 2 is 2.00 bits per heavy atom. The van der Waals surface area contributed by atoms with Crippen molar-refractivity contribution >= 4 is 17.5 Å². The Labute approximate surface area is 135 Å². The lowest BCUT2D eigenvalue weighted by atomic mass is 10.1. The molecular weight excluding hydrogens is 302 g/mol. The molecule has 0 aliphatic rings. The van der Waals surface area contributed by atoms with Gasteiger partial charge in [0, 0.05) is 23.2 Å². The maximum Gasteiger partial charge on any atom is 0.273 e. The van der Waals surface area contributed by atoms with Crippen LogP contribution in [0.2, 0.25) is 5.02 Å². The summed E-state index contributed by atoms with van der Waals surface area (Å²) in [5.41, 5.74) is 1.12. The van der Waals surface area contributed by atoms with Crippen LogP contribution in [0.5, 0.6) is 0 Å². The van der Waals surface area contributed by atoms with Gasteiger partial charge < -0.3 is 14.7 Å². The van der Waals surface area contributed by atoms with Gasteiger partial charge in [0.05, 0.1) is 0 Å². The van der Waals surface area contributed by atoms with E-state index in [4.69, 9.17) is 16.1 Å². The molecule has 1 N–H and O–H groups in total. The molecule has 0 atom stereocenters. The minimum Gasteiger partial charge on any atom is -0.355 e. The van der Waals surface area contributed by atoms with E-state index in [-0.39, 0.29) is 11.6 Å². The van der Waals surface area contributed by atoms with Gasteiger partial charge in [-0.15, -0.1) is 0 Å². The zero-order valence-electron chi connectivity index (χ0n) is 12.8. The molecule has 0 unspecified atom stereocenters. The maximum absolute atomic E-state index is 12.0. The maximum atomic E-state index is 12.0. The van der Waals surface area contributed by atoms with Crippen molar-refractivity contribution in [3.8, 4) is 11.3 Å². The van der Waals surface area contributed by atoms with Gasteiger partial charge in [-0.2, -0.15) is 0 Å². The van der Waals surface area contributed by atoms with E-state index in [0.717, 1.165) is 24.9 Å². The van der Waals surface area contributed by atoms with Crippen molar-refractivity contribution in [2.45, 2.75) is 12.8 Å². The van der Waals surface area contributed by atoms with E-state index < -0.39 is 0 Å². The second-order valence-electron chi connectivity index (χ2n) is 5.35. The van der Waals surface area contributed by atoms with Gasteiger partial charge in [0.25, 0.3) is 5.91 Å². The van der Waals surface area contributed by atoms with Gasteiger partial charge in [-0.05, 0) is 57.7 Å². The van der Waals surface area contributed by atoms with E-state index in [9.17, 15) is 4.79 Å². The van der Waals surface area contributed by atoms with Crippen LogP contribution < -0.4 is 5.32 Å². The lowest BCUT2D eigenvalue weighted by Gasteiger charge is -2.08. The van der Waals surface area contributed by atoms with Crippen LogP contribution in [0, 0.1) is 0 Å². The summed E-state index contributed by atoms with van der Waals surface area (Å²) in [5, 5.41) is 7.31. The highest BCUT2D eigenvalue weighted by atomic mass is 35.5. The molecule has 0 radical (unpaired) electrons. The smallest absolute Gasteiger partial charge is 0.273 e. The van der Waals surface area contributed by atoms with Crippen molar-refractivity contribution in [2.75, 3.05) is 27.2 Å². The van der Waals surface area contributed by atoms with Crippen LogP contribution in [0.15, 0.2) is 34.9 Å². The number of rotatable bonds is 7. The Kier molecular flexibility index (Phi) is 5.98. The number of hydrogen-bond acceptors (Lipinski definition) is 4. The van der Waals surface area contributed by atoms with Crippen molar-refractivity contribution in [3.05, 3.63) is 41.0 Å². The van der Waals surface area contributed by atoms with E-state index in [2.05, 4.69) is 15.4 Å². The lowest BCUT2D eigenvalue weighted by molar-refractivity contribution is 0.0944. The molecule has 0 aliphatic heterocycles. The van der Waals surface area contributed by atoms with Crippen LogP contribution in [-0.4, -0.2) is 43.1 Å². The number of nitrogens with zero attached hydrogens (tertiary/aromatic N) is 2. The summed E-state index contributed by atoms with van der Waals surface area (Å²) < 4.78 is 5.21. The largest absolute Gasteiger partial charge is 0.355 e. The second kappa shape index (κ2) is 7.96. The zero-order chi connectivity index (χ0) is 15.9. The van der Waals surface area contributed by atoms with Crippen LogP contribution in [0.3, 0.4) is 0 Å². The van der Waals surface area contributed by atoms with Crippen molar-refractivity contribution < 1.29 is 9.32 Å². The number of hydrogen-bond donors (Lipinski definition) is 1. The average Bonchev–Trinajstić information content (AvgIpc) is 2.97. The van der Waals surface area contributed by atoms with Crippen LogP contribution in [0.4, 0.5) is 0 Å². The zero-order valence-corrected chi connectivity index (χ0v) is 13.6. The minimum atomic E-state index is -0.214. The predicted molar refractivity (Wildman–Crippen MR) is 87.1 cm³/mol. The summed E-state index contributed by atoms with van der Waals surface area (Å²) >= 11 is 5.84. The normalized spacial score (nSPS) is 10.9. The molecule has 118 valence electrons. The quantitative estimate of drug-likeness (QED) is 0.796. The fourth-order valence-corrected chi connectivity index (χ4v) is 2.10. The number of aromatic nitrogens is 1. The fraction of sp³-hybridized carbons (Fsp3) is 0.375. The molecule has 1 aromatic heterocycles. The summed E-state index contributed by atoms with van der Waals surface area (Å²) in [6, 6.07) is 8.82. The Hall–Kier alpha value is -1.85.